The molecule has 1 heterocycles. The van der Waals surface area contributed by atoms with Crippen LogP contribution < -0.4 is 14.8 Å². The minimum Gasteiger partial charge on any atom is -0.490 e. The lowest BCUT2D eigenvalue weighted by Gasteiger charge is -2.12. The predicted molar refractivity (Wildman–Crippen MR) is 110 cm³/mol. The van der Waals surface area contributed by atoms with Crippen LogP contribution in [0, 0.1) is 13.8 Å². The summed E-state index contributed by atoms with van der Waals surface area (Å²) in [4.78, 5) is 23.4. The molecule has 0 unspecified atom stereocenters. The Kier molecular flexibility index (Phi) is 6.23. The first-order valence-electron chi connectivity index (χ1n) is 8.29. The van der Waals surface area contributed by atoms with Gasteiger partial charge >= 0.3 is 0 Å². The van der Waals surface area contributed by atoms with Gasteiger partial charge in [-0.05, 0) is 73.1 Å². The molecule has 2 amide bonds. The van der Waals surface area contributed by atoms with E-state index in [0.29, 0.717) is 29.4 Å². The van der Waals surface area contributed by atoms with Gasteiger partial charge in [0, 0.05) is 10.0 Å². The number of hydrogen-bond donors (Lipinski definition) is 1. The van der Waals surface area contributed by atoms with Crippen LogP contribution in [0.3, 0.4) is 0 Å². The van der Waals surface area contributed by atoms with Crippen molar-refractivity contribution in [3.8, 4) is 11.5 Å². The number of nitrogens with one attached hydrogen (secondary N) is 1. The van der Waals surface area contributed by atoms with Gasteiger partial charge in [-0.3, -0.25) is 14.9 Å². The van der Waals surface area contributed by atoms with Gasteiger partial charge in [0.05, 0.1) is 4.91 Å². The SMILES string of the molecule is Cc1cc(C)cc(OCCOc2ccc(Br)cc2/C=C2\SC(=O)NC2=O)c1. The van der Waals surface area contributed by atoms with Crippen molar-refractivity contribution >= 4 is 44.9 Å². The Morgan fingerprint density at radius 3 is 2.41 bits per heavy atom. The molecule has 0 bridgehead atoms. The van der Waals surface area contributed by atoms with Crippen molar-refractivity contribution in [3.63, 3.8) is 0 Å². The summed E-state index contributed by atoms with van der Waals surface area (Å²) in [7, 11) is 0. The van der Waals surface area contributed by atoms with Gasteiger partial charge in [-0.25, -0.2) is 0 Å². The number of aryl methyl sites for hydroxylation is 2. The van der Waals surface area contributed by atoms with E-state index < -0.39 is 5.91 Å². The largest absolute Gasteiger partial charge is 0.490 e. The van der Waals surface area contributed by atoms with Crippen LogP contribution in [0.4, 0.5) is 4.79 Å². The molecule has 1 aliphatic heterocycles. The van der Waals surface area contributed by atoms with E-state index >= 15 is 0 Å². The van der Waals surface area contributed by atoms with Crippen LogP contribution in [0.1, 0.15) is 16.7 Å². The highest BCUT2D eigenvalue weighted by Crippen LogP contribution is 2.31. The number of halogens is 1. The molecule has 27 heavy (non-hydrogen) atoms. The Morgan fingerprint density at radius 1 is 1.04 bits per heavy atom. The quantitative estimate of drug-likeness (QED) is 0.506. The van der Waals surface area contributed by atoms with Gasteiger partial charge in [-0.15, -0.1) is 0 Å². The molecular formula is C20H18BrNO4S. The van der Waals surface area contributed by atoms with Crippen LogP contribution in [0.2, 0.25) is 0 Å². The van der Waals surface area contributed by atoms with E-state index in [9.17, 15) is 9.59 Å². The van der Waals surface area contributed by atoms with E-state index in [1.807, 2.05) is 44.2 Å². The molecular weight excluding hydrogens is 430 g/mol. The molecule has 0 radical (unpaired) electrons. The fourth-order valence-corrected chi connectivity index (χ4v) is 3.71. The molecule has 1 saturated heterocycles. The zero-order valence-corrected chi connectivity index (χ0v) is 17.3. The van der Waals surface area contributed by atoms with Crippen LogP contribution in [0.15, 0.2) is 45.8 Å². The van der Waals surface area contributed by atoms with Gasteiger partial charge in [-0.2, -0.15) is 0 Å². The number of hydrogen-bond acceptors (Lipinski definition) is 5. The van der Waals surface area contributed by atoms with Crippen LogP contribution in [-0.4, -0.2) is 24.4 Å². The minimum atomic E-state index is -0.394. The monoisotopic (exact) mass is 447 g/mol. The van der Waals surface area contributed by atoms with E-state index in [-0.39, 0.29) is 5.24 Å². The molecule has 1 aliphatic rings. The third kappa shape index (κ3) is 5.37. The number of carbonyl (C=O) groups is 2. The first kappa shape index (κ1) is 19.5. The van der Waals surface area contributed by atoms with Crippen LogP contribution in [0.5, 0.6) is 11.5 Å². The Morgan fingerprint density at radius 2 is 1.74 bits per heavy atom. The summed E-state index contributed by atoms with van der Waals surface area (Å²) in [6, 6.07) is 11.6. The van der Waals surface area contributed by atoms with Crippen molar-refractivity contribution in [2.45, 2.75) is 13.8 Å². The summed E-state index contributed by atoms with van der Waals surface area (Å²) in [5, 5.41) is 1.88. The smallest absolute Gasteiger partial charge is 0.290 e. The first-order chi connectivity index (χ1) is 12.9. The topological polar surface area (TPSA) is 64.6 Å². The zero-order valence-electron chi connectivity index (χ0n) is 14.9. The third-order valence-electron chi connectivity index (χ3n) is 3.71. The highest BCUT2D eigenvalue weighted by Gasteiger charge is 2.25. The van der Waals surface area contributed by atoms with E-state index in [1.165, 1.54) is 0 Å². The minimum absolute atomic E-state index is 0.342. The lowest BCUT2D eigenvalue weighted by molar-refractivity contribution is -0.115. The molecule has 0 spiro atoms. The highest BCUT2D eigenvalue weighted by atomic mass is 79.9. The second kappa shape index (κ2) is 8.63. The highest BCUT2D eigenvalue weighted by molar-refractivity contribution is 9.10. The molecule has 0 saturated carbocycles. The number of ether oxygens (including phenoxy) is 2. The van der Waals surface area contributed by atoms with Crippen molar-refractivity contribution in [2.24, 2.45) is 0 Å². The number of imide groups is 1. The summed E-state index contributed by atoms with van der Waals surface area (Å²) in [5.41, 5.74) is 3.01. The van der Waals surface area contributed by atoms with Crippen LogP contribution >= 0.6 is 27.7 Å². The summed E-state index contributed by atoms with van der Waals surface area (Å²) in [6.45, 7) is 4.80. The molecule has 0 aromatic heterocycles. The van der Waals surface area contributed by atoms with Crippen molar-refractivity contribution in [1.82, 2.24) is 5.32 Å². The zero-order chi connectivity index (χ0) is 19.4. The number of benzene rings is 2. The molecule has 2 aromatic carbocycles. The number of thioether (sulfide) groups is 1. The summed E-state index contributed by atoms with van der Waals surface area (Å²) >= 11 is 4.29. The second-order valence-corrected chi connectivity index (χ2v) is 7.99. The Labute approximate surface area is 170 Å². The molecule has 3 rings (SSSR count). The van der Waals surface area contributed by atoms with Gasteiger partial charge in [0.25, 0.3) is 11.1 Å². The predicted octanol–water partition coefficient (Wildman–Crippen LogP) is 4.85. The number of rotatable bonds is 6. The second-order valence-electron chi connectivity index (χ2n) is 6.05. The molecule has 2 aromatic rings. The molecule has 1 N–H and O–H groups in total. The lowest BCUT2D eigenvalue weighted by Crippen LogP contribution is -2.17. The van der Waals surface area contributed by atoms with Crippen molar-refractivity contribution < 1.29 is 19.1 Å². The van der Waals surface area contributed by atoms with Crippen LogP contribution in [0.25, 0.3) is 6.08 Å². The maximum atomic E-state index is 11.8. The summed E-state index contributed by atoms with van der Waals surface area (Å²) in [5.74, 6) is 1.03. The van der Waals surface area contributed by atoms with E-state index in [4.69, 9.17) is 9.47 Å². The average Bonchev–Trinajstić information content (AvgIpc) is 2.89. The lowest BCUT2D eigenvalue weighted by atomic mass is 10.1. The maximum Gasteiger partial charge on any atom is 0.290 e. The molecule has 0 aliphatic carbocycles. The Balaban J connectivity index is 1.66. The molecule has 7 heteroatoms. The standard InChI is InChI=1S/C20H18BrNO4S/c1-12-7-13(2)9-16(8-12)25-5-6-26-17-4-3-15(21)10-14(17)11-18-19(23)22-20(24)27-18/h3-4,7-11H,5-6H2,1-2H3,(H,22,23,24)/b18-11-. The van der Waals surface area contributed by atoms with Crippen molar-refractivity contribution in [2.75, 3.05) is 13.2 Å². The molecule has 0 atom stereocenters. The number of carbonyl (C=O) groups excluding carboxylic acids is 2. The van der Waals surface area contributed by atoms with Gasteiger partial charge in [0.1, 0.15) is 24.7 Å². The normalized spacial score (nSPS) is 15.1. The first-order valence-corrected chi connectivity index (χ1v) is 9.90. The van der Waals surface area contributed by atoms with Gasteiger partial charge in [0.15, 0.2) is 0 Å². The summed E-state index contributed by atoms with van der Waals surface area (Å²) in [6.07, 6.45) is 1.65. The fraction of sp³-hybridized carbons (Fsp3) is 0.200. The van der Waals surface area contributed by atoms with E-state index in [2.05, 4.69) is 27.3 Å². The van der Waals surface area contributed by atoms with Crippen LogP contribution in [-0.2, 0) is 4.79 Å². The van der Waals surface area contributed by atoms with E-state index in [0.717, 1.165) is 33.1 Å². The third-order valence-corrected chi connectivity index (χ3v) is 5.01. The van der Waals surface area contributed by atoms with Gasteiger partial charge in [-0.1, -0.05) is 22.0 Å². The summed E-state index contributed by atoms with van der Waals surface area (Å²) < 4.78 is 12.4. The van der Waals surface area contributed by atoms with Crippen molar-refractivity contribution in [1.29, 1.82) is 0 Å². The Bertz CT molecular complexity index is 906. The molecule has 140 valence electrons. The average molecular weight is 448 g/mol. The van der Waals surface area contributed by atoms with Gasteiger partial charge in [0.2, 0.25) is 0 Å². The van der Waals surface area contributed by atoms with Gasteiger partial charge < -0.3 is 9.47 Å². The van der Waals surface area contributed by atoms with E-state index in [1.54, 1.807) is 6.08 Å². The Hall–Kier alpha value is -2.25. The molecule has 5 nitrogen and oxygen atoms in total. The fourth-order valence-electron chi connectivity index (χ4n) is 2.65. The van der Waals surface area contributed by atoms with Crippen molar-refractivity contribution in [3.05, 3.63) is 62.5 Å². The number of amides is 2. The maximum absolute atomic E-state index is 11.8. The molecule has 1 fully saturated rings.